The number of carbonyl (C=O) groups is 1. The van der Waals surface area contributed by atoms with Crippen LogP contribution in [0.3, 0.4) is 0 Å². The molecule has 154 valence electrons. The summed E-state index contributed by atoms with van der Waals surface area (Å²) in [6.07, 6.45) is 6.41. The Kier molecular flexibility index (Phi) is 6.19. The van der Waals surface area contributed by atoms with Gasteiger partial charge in [0.25, 0.3) is 0 Å². The van der Waals surface area contributed by atoms with E-state index in [1.54, 1.807) is 11.3 Å². The maximum Gasteiger partial charge on any atom is 0.151 e. The van der Waals surface area contributed by atoms with Gasteiger partial charge in [-0.3, -0.25) is 4.79 Å². The second-order valence-electron chi connectivity index (χ2n) is 8.87. The van der Waals surface area contributed by atoms with Gasteiger partial charge in [0.1, 0.15) is 0 Å². The van der Waals surface area contributed by atoms with E-state index in [1.807, 2.05) is 0 Å². The highest BCUT2D eigenvalue weighted by atomic mass is 32.1. The standard InChI is InChI=1S/C26H33NOS/c1-7-8-23(27)26(5,6)24-14-21(18(4)29-24)22(15-28)25(19-9-10-19)20-12-16(2)11-17(3)13-20/h8,11-15,19H,7,9-10,27H2,1-6H3/b23-8+,25-22+. The van der Waals surface area contributed by atoms with Gasteiger partial charge in [-0.1, -0.05) is 42.3 Å². The fraction of sp³-hybridized carbons (Fsp3) is 0.423. The average Bonchev–Trinajstić information content (AvgIpc) is 3.40. The Morgan fingerprint density at radius 1 is 1.14 bits per heavy atom. The van der Waals surface area contributed by atoms with Crippen molar-refractivity contribution in [2.24, 2.45) is 11.7 Å². The lowest BCUT2D eigenvalue weighted by Gasteiger charge is -2.24. The largest absolute Gasteiger partial charge is 0.402 e. The van der Waals surface area contributed by atoms with Crippen molar-refractivity contribution in [3.63, 3.8) is 0 Å². The molecule has 1 fully saturated rings. The van der Waals surface area contributed by atoms with Crippen LogP contribution >= 0.6 is 11.3 Å². The monoisotopic (exact) mass is 407 g/mol. The van der Waals surface area contributed by atoms with Crippen LogP contribution < -0.4 is 5.73 Å². The number of allylic oxidation sites excluding steroid dienone is 4. The molecule has 0 radical (unpaired) electrons. The number of rotatable bonds is 7. The van der Waals surface area contributed by atoms with Gasteiger partial charge >= 0.3 is 0 Å². The van der Waals surface area contributed by atoms with E-state index in [0.29, 0.717) is 5.92 Å². The molecule has 29 heavy (non-hydrogen) atoms. The molecule has 1 aliphatic rings. The third-order valence-corrected chi connectivity index (χ3v) is 7.27. The predicted octanol–water partition coefficient (Wildman–Crippen LogP) is 6.72. The van der Waals surface area contributed by atoms with E-state index < -0.39 is 0 Å². The van der Waals surface area contributed by atoms with Crippen LogP contribution in [0.5, 0.6) is 0 Å². The van der Waals surface area contributed by atoms with E-state index >= 15 is 0 Å². The third kappa shape index (κ3) is 4.40. The molecule has 0 amide bonds. The molecule has 0 atom stereocenters. The molecule has 0 spiro atoms. The molecule has 1 heterocycles. The Bertz CT molecular complexity index is 966. The van der Waals surface area contributed by atoms with E-state index in [-0.39, 0.29) is 5.41 Å². The van der Waals surface area contributed by atoms with Gasteiger partial charge in [0.15, 0.2) is 6.29 Å². The molecule has 2 nitrogen and oxygen atoms in total. The Labute approximate surface area is 179 Å². The minimum absolute atomic E-state index is 0.239. The molecule has 0 aliphatic heterocycles. The van der Waals surface area contributed by atoms with Gasteiger partial charge in [0.05, 0.1) is 0 Å². The quantitative estimate of drug-likeness (QED) is 0.409. The van der Waals surface area contributed by atoms with E-state index in [4.69, 9.17) is 5.73 Å². The van der Waals surface area contributed by atoms with Crippen LogP contribution in [0.2, 0.25) is 0 Å². The van der Waals surface area contributed by atoms with E-state index in [1.165, 1.54) is 32.0 Å². The maximum atomic E-state index is 12.4. The summed E-state index contributed by atoms with van der Waals surface area (Å²) in [4.78, 5) is 14.8. The highest BCUT2D eigenvalue weighted by molar-refractivity contribution is 7.12. The van der Waals surface area contributed by atoms with Crippen LogP contribution in [0.4, 0.5) is 0 Å². The van der Waals surface area contributed by atoms with E-state index in [9.17, 15) is 4.79 Å². The molecule has 2 N–H and O–H groups in total. The van der Waals surface area contributed by atoms with E-state index in [2.05, 4.69) is 71.9 Å². The zero-order chi connectivity index (χ0) is 21.3. The Morgan fingerprint density at radius 3 is 2.28 bits per heavy atom. The number of hydrogen-bond donors (Lipinski definition) is 1. The van der Waals surface area contributed by atoms with Crippen LogP contribution in [0.25, 0.3) is 11.1 Å². The summed E-state index contributed by atoms with van der Waals surface area (Å²) in [5.41, 5.74) is 13.9. The summed E-state index contributed by atoms with van der Waals surface area (Å²) in [6.45, 7) is 12.8. The Hall–Kier alpha value is -2.13. The van der Waals surface area contributed by atoms with Crippen molar-refractivity contribution >= 4 is 28.8 Å². The summed E-state index contributed by atoms with van der Waals surface area (Å²) in [6, 6.07) is 8.83. The molecule has 0 saturated heterocycles. The van der Waals surface area contributed by atoms with E-state index in [0.717, 1.165) is 42.4 Å². The number of aldehydes is 1. The molecule has 2 aromatic rings. The van der Waals surface area contributed by atoms with Crippen molar-refractivity contribution in [3.8, 4) is 0 Å². The molecule has 3 heteroatoms. The minimum atomic E-state index is -0.239. The summed E-state index contributed by atoms with van der Waals surface area (Å²) in [5.74, 6) is 0.484. The Balaban J connectivity index is 2.17. The number of hydrogen-bond acceptors (Lipinski definition) is 3. The van der Waals surface area contributed by atoms with Crippen LogP contribution in [-0.2, 0) is 10.2 Å². The van der Waals surface area contributed by atoms with Gasteiger partial charge < -0.3 is 5.73 Å². The first kappa shape index (κ1) is 21.6. The Morgan fingerprint density at radius 2 is 1.76 bits per heavy atom. The molecule has 1 saturated carbocycles. The molecular formula is C26H33NOS. The summed E-state index contributed by atoms with van der Waals surface area (Å²) >= 11 is 1.76. The molecule has 3 rings (SSSR count). The van der Waals surface area contributed by atoms with Crippen molar-refractivity contribution < 1.29 is 4.79 Å². The summed E-state index contributed by atoms with van der Waals surface area (Å²) < 4.78 is 0. The van der Waals surface area contributed by atoms with Gasteiger partial charge in [-0.25, -0.2) is 0 Å². The first-order chi connectivity index (χ1) is 13.7. The normalized spacial score (nSPS) is 16.0. The van der Waals surface area contributed by atoms with Crippen molar-refractivity contribution in [2.75, 3.05) is 0 Å². The molecule has 0 bridgehead atoms. The molecule has 1 aliphatic carbocycles. The van der Waals surface area contributed by atoms with Crippen LogP contribution in [0.1, 0.15) is 72.0 Å². The first-order valence-corrected chi connectivity index (χ1v) is 11.4. The number of aryl methyl sites for hydroxylation is 3. The summed E-state index contributed by atoms with van der Waals surface area (Å²) in [7, 11) is 0. The van der Waals surface area contributed by atoms with Gasteiger partial charge in [-0.15, -0.1) is 11.3 Å². The third-order valence-electron chi connectivity index (χ3n) is 5.90. The zero-order valence-electron chi connectivity index (χ0n) is 18.6. The topological polar surface area (TPSA) is 43.1 Å². The number of thiophene rings is 1. The summed E-state index contributed by atoms with van der Waals surface area (Å²) in [5, 5.41) is 0. The fourth-order valence-corrected chi connectivity index (χ4v) is 5.22. The minimum Gasteiger partial charge on any atom is -0.402 e. The number of carbonyl (C=O) groups excluding carboxylic acids is 1. The highest BCUT2D eigenvalue weighted by Gasteiger charge is 2.32. The average molecular weight is 408 g/mol. The predicted molar refractivity (Wildman–Crippen MR) is 126 cm³/mol. The number of benzene rings is 1. The second kappa shape index (κ2) is 8.31. The van der Waals surface area contributed by atoms with Crippen LogP contribution in [-0.4, -0.2) is 6.29 Å². The van der Waals surface area contributed by atoms with Crippen molar-refractivity contribution in [1.29, 1.82) is 0 Å². The second-order valence-corrected chi connectivity index (χ2v) is 10.1. The van der Waals surface area contributed by atoms with Gasteiger partial charge in [-0.05, 0) is 82.6 Å². The van der Waals surface area contributed by atoms with Crippen molar-refractivity contribution in [1.82, 2.24) is 0 Å². The lowest BCUT2D eigenvalue weighted by Crippen LogP contribution is -2.24. The van der Waals surface area contributed by atoms with Crippen molar-refractivity contribution in [2.45, 2.75) is 66.2 Å². The van der Waals surface area contributed by atoms with Gasteiger partial charge in [-0.2, -0.15) is 0 Å². The van der Waals surface area contributed by atoms with Crippen LogP contribution in [0, 0.1) is 26.7 Å². The fourth-order valence-electron chi connectivity index (χ4n) is 4.06. The maximum absolute atomic E-state index is 12.4. The molecule has 0 unspecified atom stereocenters. The molecular weight excluding hydrogens is 374 g/mol. The van der Waals surface area contributed by atoms with Gasteiger partial charge in [0, 0.05) is 26.4 Å². The smallest absolute Gasteiger partial charge is 0.151 e. The molecule has 1 aromatic carbocycles. The lowest BCUT2D eigenvalue weighted by atomic mass is 9.85. The van der Waals surface area contributed by atoms with Gasteiger partial charge in [0.2, 0.25) is 0 Å². The SMILES string of the molecule is CC/C=C(/N)C(C)(C)c1cc(/C(C=O)=C(/c2cc(C)cc(C)c2)C2CC2)c(C)s1. The van der Waals surface area contributed by atoms with Crippen LogP contribution in [0.15, 0.2) is 36.0 Å². The lowest BCUT2D eigenvalue weighted by molar-refractivity contribution is -0.103. The number of nitrogens with two attached hydrogens (primary N) is 1. The zero-order valence-corrected chi connectivity index (χ0v) is 19.4. The molecule has 1 aromatic heterocycles. The first-order valence-electron chi connectivity index (χ1n) is 10.5. The highest BCUT2D eigenvalue weighted by Crippen LogP contribution is 2.47. The van der Waals surface area contributed by atoms with Crippen molar-refractivity contribution in [3.05, 3.63) is 68.0 Å².